The molecule has 0 radical (unpaired) electrons. The molecule has 3 heteroatoms. The number of nitrogens with one attached hydrogen (secondary N) is 1. The fourth-order valence-corrected chi connectivity index (χ4v) is 1.42. The molecule has 0 bridgehead atoms. The lowest BCUT2D eigenvalue weighted by atomic mass is 9.91. The predicted octanol–water partition coefficient (Wildman–Crippen LogP) is 1.03. The van der Waals surface area contributed by atoms with Crippen molar-refractivity contribution in [3.05, 3.63) is 0 Å². The fourth-order valence-electron chi connectivity index (χ4n) is 1.42. The Balaban J connectivity index is 2.46. The van der Waals surface area contributed by atoms with Crippen molar-refractivity contribution < 1.29 is 4.74 Å². The van der Waals surface area contributed by atoms with E-state index in [1.807, 2.05) is 0 Å². The van der Waals surface area contributed by atoms with Crippen LogP contribution in [-0.2, 0) is 4.74 Å². The number of hydrogen-bond acceptors (Lipinski definition) is 3. The van der Waals surface area contributed by atoms with Crippen LogP contribution in [0, 0.1) is 17.2 Å². The van der Waals surface area contributed by atoms with Gasteiger partial charge < -0.3 is 15.9 Å². The topological polar surface area (TPSA) is 59.1 Å². The average molecular weight is 170 g/mol. The molecule has 1 rings (SSSR count). The van der Waals surface area contributed by atoms with Crippen LogP contribution in [0.5, 0.6) is 0 Å². The summed E-state index contributed by atoms with van der Waals surface area (Å²) in [6, 6.07) is 0. The first-order chi connectivity index (χ1) is 5.65. The van der Waals surface area contributed by atoms with Crippen molar-refractivity contribution in [3.8, 4) is 0 Å². The summed E-state index contributed by atoms with van der Waals surface area (Å²) >= 11 is 0. The van der Waals surface area contributed by atoms with Crippen LogP contribution in [0.2, 0.25) is 0 Å². The van der Waals surface area contributed by atoms with E-state index in [1.54, 1.807) is 0 Å². The Kier molecular flexibility index (Phi) is 3.23. The van der Waals surface area contributed by atoms with E-state index >= 15 is 0 Å². The Bertz CT molecular complexity index is 168. The molecule has 12 heavy (non-hydrogen) atoms. The monoisotopic (exact) mass is 170 g/mol. The zero-order chi connectivity index (χ0) is 9.14. The van der Waals surface area contributed by atoms with E-state index in [2.05, 4.69) is 13.8 Å². The van der Waals surface area contributed by atoms with Gasteiger partial charge in [0.2, 0.25) is 0 Å². The number of rotatable bonds is 2. The molecule has 1 heterocycles. The van der Waals surface area contributed by atoms with Crippen molar-refractivity contribution in [2.24, 2.45) is 17.6 Å². The Morgan fingerprint density at radius 3 is 2.75 bits per heavy atom. The predicted molar refractivity (Wildman–Crippen MR) is 49.5 cm³/mol. The van der Waals surface area contributed by atoms with Gasteiger partial charge in [-0.3, -0.25) is 0 Å². The highest BCUT2D eigenvalue weighted by Gasteiger charge is 2.26. The lowest BCUT2D eigenvalue weighted by molar-refractivity contribution is 0.00226. The second-order valence-electron chi connectivity index (χ2n) is 3.78. The molecule has 1 aliphatic heterocycles. The first kappa shape index (κ1) is 9.68. The normalized spacial score (nSPS) is 31.2. The summed E-state index contributed by atoms with van der Waals surface area (Å²) in [5.41, 5.74) is 6.26. The summed E-state index contributed by atoms with van der Waals surface area (Å²) in [5.74, 6) is 0.670. The van der Waals surface area contributed by atoms with Crippen LogP contribution in [-0.4, -0.2) is 25.0 Å². The molecule has 0 amide bonds. The molecule has 2 atom stereocenters. The van der Waals surface area contributed by atoms with E-state index in [9.17, 15) is 0 Å². The van der Waals surface area contributed by atoms with Gasteiger partial charge >= 0.3 is 0 Å². The minimum Gasteiger partial charge on any atom is -0.377 e. The maximum absolute atomic E-state index is 7.71. The highest BCUT2D eigenvalue weighted by atomic mass is 16.5. The van der Waals surface area contributed by atoms with E-state index in [0.29, 0.717) is 19.1 Å². The minimum absolute atomic E-state index is 0.167. The molecule has 2 unspecified atom stereocenters. The molecular formula is C9H18N2O. The minimum atomic E-state index is 0.167. The molecule has 0 saturated carbocycles. The van der Waals surface area contributed by atoms with E-state index in [1.165, 1.54) is 0 Å². The van der Waals surface area contributed by atoms with Crippen LogP contribution in [0.15, 0.2) is 0 Å². The lowest BCUT2D eigenvalue weighted by Gasteiger charge is -2.31. The second-order valence-corrected chi connectivity index (χ2v) is 3.78. The molecule has 0 aromatic heterocycles. The third-order valence-electron chi connectivity index (χ3n) is 2.45. The molecule has 0 aromatic rings. The van der Waals surface area contributed by atoms with Crippen LogP contribution in [0.1, 0.15) is 20.3 Å². The molecule has 0 aliphatic carbocycles. The number of ether oxygens (including phenoxy) is 1. The first-order valence-corrected chi connectivity index (χ1v) is 4.54. The van der Waals surface area contributed by atoms with E-state index in [-0.39, 0.29) is 12.0 Å². The molecule has 0 spiro atoms. The Morgan fingerprint density at radius 2 is 2.33 bits per heavy atom. The van der Waals surface area contributed by atoms with Crippen LogP contribution < -0.4 is 5.73 Å². The molecule has 3 nitrogen and oxygen atoms in total. The molecule has 0 aromatic carbocycles. The molecule has 3 N–H and O–H groups in total. The van der Waals surface area contributed by atoms with Crippen molar-refractivity contribution >= 4 is 5.71 Å². The molecule has 1 saturated heterocycles. The standard InChI is InChI=1S/C9H18N2O/c1-6(2)9-3-8(11)7(4-10)5-12-9/h6-7,9,11H,3-5,10H2,1-2H3. The van der Waals surface area contributed by atoms with Crippen LogP contribution in [0.4, 0.5) is 0 Å². The summed E-state index contributed by atoms with van der Waals surface area (Å²) in [6.45, 7) is 5.43. The molecule has 70 valence electrons. The first-order valence-electron chi connectivity index (χ1n) is 4.54. The zero-order valence-electron chi connectivity index (χ0n) is 7.84. The van der Waals surface area contributed by atoms with Crippen molar-refractivity contribution in [1.82, 2.24) is 0 Å². The van der Waals surface area contributed by atoms with Crippen molar-refractivity contribution in [1.29, 1.82) is 5.41 Å². The van der Waals surface area contributed by atoms with Crippen LogP contribution in [0.25, 0.3) is 0 Å². The summed E-state index contributed by atoms with van der Waals surface area (Å²) in [5, 5.41) is 7.71. The van der Waals surface area contributed by atoms with Gasteiger partial charge in [-0.1, -0.05) is 13.8 Å². The molecular weight excluding hydrogens is 152 g/mol. The van der Waals surface area contributed by atoms with Gasteiger partial charge in [0.05, 0.1) is 12.7 Å². The third kappa shape index (κ3) is 2.05. The Hall–Kier alpha value is -0.410. The van der Waals surface area contributed by atoms with E-state index < -0.39 is 0 Å². The summed E-state index contributed by atoms with van der Waals surface area (Å²) < 4.78 is 5.59. The SMILES string of the molecule is CC(C)C1CC(=N)C(CN)CO1. The summed E-state index contributed by atoms with van der Waals surface area (Å²) in [4.78, 5) is 0. The second kappa shape index (κ2) is 4.01. The Labute approximate surface area is 73.8 Å². The van der Waals surface area contributed by atoms with Crippen molar-refractivity contribution in [2.75, 3.05) is 13.2 Å². The van der Waals surface area contributed by atoms with E-state index in [4.69, 9.17) is 15.9 Å². The maximum atomic E-state index is 7.71. The van der Waals surface area contributed by atoms with E-state index in [0.717, 1.165) is 12.1 Å². The smallest absolute Gasteiger partial charge is 0.0650 e. The maximum Gasteiger partial charge on any atom is 0.0650 e. The fraction of sp³-hybridized carbons (Fsp3) is 0.889. The number of nitrogens with two attached hydrogens (primary N) is 1. The highest BCUT2D eigenvalue weighted by molar-refractivity contribution is 5.85. The Morgan fingerprint density at radius 1 is 1.67 bits per heavy atom. The average Bonchev–Trinajstić information content (AvgIpc) is 2.04. The molecule has 1 fully saturated rings. The van der Waals surface area contributed by atoms with Gasteiger partial charge in [0.25, 0.3) is 0 Å². The van der Waals surface area contributed by atoms with Gasteiger partial charge in [0.1, 0.15) is 0 Å². The van der Waals surface area contributed by atoms with Gasteiger partial charge in [0, 0.05) is 24.6 Å². The lowest BCUT2D eigenvalue weighted by Crippen LogP contribution is -2.39. The summed E-state index contributed by atoms with van der Waals surface area (Å²) in [7, 11) is 0. The van der Waals surface area contributed by atoms with Gasteiger partial charge in [-0.05, 0) is 5.92 Å². The zero-order valence-corrected chi connectivity index (χ0v) is 7.84. The van der Waals surface area contributed by atoms with Crippen molar-refractivity contribution in [2.45, 2.75) is 26.4 Å². The van der Waals surface area contributed by atoms with Gasteiger partial charge in [-0.15, -0.1) is 0 Å². The van der Waals surface area contributed by atoms with Crippen LogP contribution in [0.3, 0.4) is 0 Å². The van der Waals surface area contributed by atoms with Crippen LogP contribution >= 0.6 is 0 Å². The number of hydrogen-bond donors (Lipinski definition) is 2. The quantitative estimate of drug-likeness (QED) is 0.650. The van der Waals surface area contributed by atoms with Gasteiger partial charge in [0.15, 0.2) is 0 Å². The molecule has 1 aliphatic rings. The van der Waals surface area contributed by atoms with Gasteiger partial charge in [-0.25, -0.2) is 0 Å². The third-order valence-corrected chi connectivity index (χ3v) is 2.45. The highest BCUT2D eigenvalue weighted by Crippen LogP contribution is 2.20. The van der Waals surface area contributed by atoms with Crippen molar-refractivity contribution in [3.63, 3.8) is 0 Å². The van der Waals surface area contributed by atoms with Gasteiger partial charge in [-0.2, -0.15) is 0 Å². The summed E-state index contributed by atoms with van der Waals surface area (Å²) in [6.07, 6.45) is 1.000. The largest absolute Gasteiger partial charge is 0.377 e.